The molecular formula is C8H7F3N2O3. The number of rotatable bonds is 1. The molecule has 2 amide bonds. The quantitative estimate of drug-likeness (QED) is 0.742. The molecule has 1 aromatic rings. The van der Waals surface area contributed by atoms with Crippen molar-refractivity contribution in [2.75, 3.05) is 4.90 Å². The van der Waals surface area contributed by atoms with Crippen molar-refractivity contribution in [1.82, 2.24) is 5.16 Å². The monoisotopic (exact) mass is 236 g/mol. The largest absolute Gasteiger partial charge is 0.452 e. The Balaban J connectivity index is 3.09. The number of halogens is 3. The summed E-state index contributed by atoms with van der Waals surface area (Å²) >= 11 is 0. The summed E-state index contributed by atoms with van der Waals surface area (Å²) in [6.45, 7) is 2.06. The van der Waals surface area contributed by atoms with Crippen molar-refractivity contribution >= 4 is 17.6 Å². The van der Waals surface area contributed by atoms with Crippen molar-refractivity contribution in [3.05, 3.63) is 11.8 Å². The number of hydrogen-bond donors (Lipinski definition) is 0. The van der Waals surface area contributed by atoms with Crippen molar-refractivity contribution < 1.29 is 27.3 Å². The lowest BCUT2D eigenvalue weighted by atomic mass is 10.4. The second kappa shape index (κ2) is 3.95. The van der Waals surface area contributed by atoms with Gasteiger partial charge in [0.2, 0.25) is 17.6 Å². The zero-order chi connectivity index (χ0) is 12.5. The van der Waals surface area contributed by atoms with Crippen molar-refractivity contribution in [3.63, 3.8) is 0 Å². The Morgan fingerprint density at radius 3 is 2.12 bits per heavy atom. The van der Waals surface area contributed by atoms with Gasteiger partial charge < -0.3 is 4.52 Å². The van der Waals surface area contributed by atoms with E-state index in [9.17, 15) is 22.8 Å². The molecule has 8 heteroatoms. The third kappa shape index (κ3) is 2.38. The fourth-order valence-electron chi connectivity index (χ4n) is 1.05. The second-order valence-corrected chi connectivity index (χ2v) is 2.92. The van der Waals surface area contributed by atoms with Crippen LogP contribution in [-0.4, -0.2) is 17.0 Å². The van der Waals surface area contributed by atoms with Gasteiger partial charge in [0, 0.05) is 19.9 Å². The van der Waals surface area contributed by atoms with E-state index in [-0.39, 0.29) is 0 Å². The van der Waals surface area contributed by atoms with Crippen LogP contribution < -0.4 is 4.90 Å². The van der Waals surface area contributed by atoms with Crippen molar-refractivity contribution in [1.29, 1.82) is 0 Å². The van der Waals surface area contributed by atoms with E-state index in [4.69, 9.17) is 0 Å². The van der Waals surface area contributed by atoms with Crippen molar-refractivity contribution in [3.8, 4) is 0 Å². The lowest BCUT2D eigenvalue weighted by Gasteiger charge is -2.11. The van der Waals surface area contributed by atoms with E-state index >= 15 is 0 Å². The molecular weight excluding hydrogens is 229 g/mol. The Morgan fingerprint density at radius 2 is 1.81 bits per heavy atom. The normalized spacial score (nSPS) is 11.3. The highest BCUT2D eigenvalue weighted by Gasteiger charge is 2.37. The van der Waals surface area contributed by atoms with E-state index < -0.39 is 29.6 Å². The highest BCUT2D eigenvalue weighted by molar-refractivity contribution is 6.12. The van der Waals surface area contributed by atoms with Gasteiger partial charge in [-0.2, -0.15) is 13.2 Å². The number of nitrogens with zero attached hydrogens (tertiary/aromatic N) is 2. The molecule has 0 aromatic carbocycles. The highest BCUT2D eigenvalue weighted by Crippen LogP contribution is 2.31. The summed E-state index contributed by atoms with van der Waals surface area (Å²) < 4.78 is 40.4. The molecule has 0 saturated heterocycles. The summed E-state index contributed by atoms with van der Waals surface area (Å²) in [7, 11) is 0. The molecule has 0 fully saturated rings. The first kappa shape index (κ1) is 12.2. The molecule has 88 valence electrons. The predicted molar refractivity (Wildman–Crippen MR) is 45.3 cm³/mol. The summed E-state index contributed by atoms with van der Waals surface area (Å²) in [6.07, 6.45) is -4.70. The van der Waals surface area contributed by atoms with E-state index in [1.807, 2.05) is 0 Å². The highest BCUT2D eigenvalue weighted by atomic mass is 19.4. The Hall–Kier alpha value is -1.86. The molecule has 1 rings (SSSR count). The standard InChI is InChI=1S/C8H7F3N2O3/c1-4(14)13(5(2)15)7-3-6(16-12-7)8(9,10)11/h3H,1-2H3. The first-order valence-corrected chi connectivity index (χ1v) is 4.08. The maximum atomic E-state index is 12.1. The van der Waals surface area contributed by atoms with E-state index in [0.29, 0.717) is 11.0 Å². The first-order chi connectivity index (χ1) is 7.23. The lowest BCUT2D eigenvalue weighted by molar-refractivity contribution is -0.155. The van der Waals surface area contributed by atoms with E-state index in [2.05, 4.69) is 9.68 Å². The molecule has 0 spiro atoms. The van der Waals surface area contributed by atoms with Crippen LogP contribution >= 0.6 is 0 Å². The van der Waals surface area contributed by atoms with Crippen LogP contribution in [0.15, 0.2) is 10.6 Å². The molecule has 0 saturated carbocycles. The Kier molecular flexibility index (Phi) is 3.02. The molecule has 0 aliphatic heterocycles. The topological polar surface area (TPSA) is 63.4 Å². The van der Waals surface area contributed by atoms with Crippen LogP contribution in [0.1, 0.15) is 19.6 Å². The third-order valence-electron chi connectivity index (χ3n) is 1.64. The maximum absolute atomic E-state index is 12.1. The molecule has 0 N–H and O–H groups in total. The summed E-state index contributed by atoms with van der Waals surface area (Å²) in [5.41, 5.74) is 0. The summed E-state index contributed by atoms with van der Waals surface area (Å²) in [4.78, 5) is 22.5. The SMILES string of the molecule is CC(=O)N(C(C)=O)c1cc(C(F)(F)F)on1. The van der Waals surface area contributed by atoms with Gasteiger partial charge in [-0.05, 0) is 0 Å². The van der Waals surface area contributed by atoms with Gasteiger partial charge in [-0.25, -0.2) is 4.90 Å². The van der Waals surface area contributed by atoms with Gasteiger partial charge in [0.15, 0.2) is 5.82 Å². The number of alkyl halides is 3. The van der Waals surface area contributed by atoms with Gasteiger partial charge in [-0.15, -0.1) is 0 Å². The minimum absolute atomic E-state index is 0.479. The molecule has 0 atom stereocenters. The predicted octanol–water partition coefficient (Wildman–Crippen LogP) is 1.59. The minimum Gasteiger partial charge on any atom is -0.349 e. The molecule has 0 bridgehead atoms. The van der Waals surface area contributed by atoms with Gasteiger partial charge >= 0.3 is 6.18 Å². The fourth-order valence-corrected chi connectivity index (χ4v) is 1.05. The maximum Gasteiger partial charge on any atom is 0.452 e. The summed E-state index contributed by atoms with van der Waals surface area (Å²) in [5.74, 6) is -3.33. The van der Waals surface area contributed by atoms with Crippen LogP contribution in [-0.2, 0) is 15.8 Å². The van der Waals surface area contributed by atoms with Crippen LogP contribution in [0.4, 0.5) is 19.0 Å². The van der Waals surface area contributed by atoms with Gasteiger partial charge in [0.05, 0.1) is 0 Å². The Bertz CT molecular complexity index is 410. The third-order valence-corrected chi connectivity index (χ3v) is 1.64. The van der Waals surface area contributed by atoms with Crippen LogP contribution in [0.2, 0.25) is 0 Å². The van der Waals surface area contributed by atoms with E-state index in [1.54, 1.807) is 0 Å². The molecule has 0 aliphatic carbocycles. The van der Waals surface area contributed by atoms with Crippen LogP contribution in [0.3, 0.4) is 0 Å². The molecule has 0 aliphatic rings. The smallest absolute Gasteiger partial charge is 0.349 e. The number of imide groups is 1. The van der Waals surface area contributed by atoms with Gasteiger partial charge in [-0.1, -0.05) is 5.16 Å². The lowest BCUT2D eigenvalue weighted by Crippen LogP contribution is -2.33. The molecule has 1 heterocycles. The Morgan fingerprint density at radius 1 is 1.31 bits per heavy atom. The van der Waals surface area contributed by atoms with Crippen LogP contribution in [0.5, 0.6) is 0 Å². The van der Waals surface area contributed by atoms with Crippen molar-refractivity contribution in [2.45, 2.75) is 20.0 Å². The molecule has 0 unspecified atom stereocenters. The number of carbonyl (C=O) groups excluding carboxylic acids is 2. The summed E-state index contributed by atoms with van der Waals surface area (Å²) in [6, 6.07) is 0.489. The average Bonchev–Trinajstić information content (AvgIpc) is 2.50. The minimum atomic E-state index is -4.70. The van der Waals surface area contributed by atoms with Gasteiger partial charge in [-0.3, -0.25) is 9.59 Å². The first-order valence-electron chi connectivity index (χ1n) is 4.08. The second-order valence-electron chi connectivity index (χ2n) is 2.92. The zero-order valence-electron chi connectivity index (χ0n) is 8.33. The number of aromatic nitrogens is 1. The van der Waals surface area contributed by atoms with E-state index in [1.165, 1.54) is 0 Å². The molecule has 0 radical (unpaired) electrons. The fraction of sp³-hybridized carbons (Fsp3) is 0.375. The van der Waals surface area contributed by atoms with Crippen molar-refractivity contribution in [2.24, 2.45) is 0 Å². The number of carbonyl (C=O) groups is 2. The average molecular weight is 236 g/mol. The van der Waals surface area contributed by atoms with Crippen LogP contribution in [0, 0.1) is 0 Å². The zero-order valence-corrected chi connectivity index (χ0v) is 8.33. The summed E-state index contributed by atoms with van der Waals surface area (Å²) in [5, 5.41) is 3.01. The van der Waals surface area contributed by atoms with Gasteiger partial charge in [0.25, 0.3) is 0 Å². The molecule has 1 aromatic heterocycles. The Labute approximate surface area is 87.8 Å². The van der Waals surface area contributed by atoms with Gasteiger partial charge in [0.1, 0.15) is 0 Å². The number of anilines is 1. The van der Waals surface area contributed by atoms with Crippen LogP contribution in [0.25, 0.3) is 0 Å². The van der Waals surface area contributed by atoms with E-state index in [0.717, 1.165) is 13.8 Å². The molecule has 5 nitrogen and oxygen atoms in total. The molecule has 16 heavy (non-hydrogen) atoms. The number of hydrogen-bond acceptors (Lipinski definition) is 4. The number of amides is 2.